The average Bonchev–Trinajstić information content (AvgIpc) is 3.34. The fourth-order valence-electron chi connectivity index (χ4n) is 4.26. The van der Waals surface area contributed by atoms with E-state index in [4.69, 9.17) is 14.6 Å². The van der Waals surface area contributed by atoms with Crippen LogP contribution in [0.4, 0.5) is 5.69 Å². The van der Waals surface area contributed by atoms with Gasteiger partial charge in [-0.3, -0.25) is 15.1 Å². The Kier molecular flexibility index (Phi) is 4.80. The summed E-state index contributed by atoms with van der Waals surface area (Å²) in [7, 11) is 0. The van der Waals surface area contributed by atoms with Gasteiger partial charge >= 0.3 is 0 Å². The predicted molar refractivity (Wildman–Crippen MR) is 118 cm³/mol. The third-order valence-corrected chi connectivity index (χ3v) is 7.00. The zero-order chi connectivity index (χ0) is 21.8. The minimum absolute atomic E-state index is 0.0713. The number of hydrogen-bond acceptors (Lipinski definition) is 9. The van der Waals surface area contributed by atoms with Crippen LogP contribution in [0, 0.1) is 17.0 Å². The first kappa shape index (κ1) is 20.1. The van der Waals surface area contributed by atoms with Crippen LogP contribution in [-0.4, -0.2) is 39.4 Å². The molecule has 0 amide bonds. The van der Waals surface area contributed by atoms with Crippen molar-refractivity contribution in [2.24, 2.45) is 5.10 Å². The summed E-state index contributed by atoms with van der Waals surface area (Å²) in [4.78, 5) is 10.8. The summed E-state index contributed by atoms with van der Waals surface area (Å²) in [6.07, 6.45) is 0.741. The molecule has 3 aliphatic heterocycles. The van der Waals surface area contributed by atoms with E-state index >= 15 is 0 Å². The summed E-state index contributed by atoms with van der Waals surface area (Å²) >= 11 is 1.71. The van der Waals surface area contributed by atoms with Crippen LogP contribution in [0.5, 0.6) is 11.5 Å². The van der Waals surface area contributed by atoms with Gasteiger partial charge in [0.25, 0.3) is 5.69 Å². The first-order chi connectivity index (χ1) is 14.9. The maximum absolute atomic E-state index is 11.6. The molecule has 0 aromatic heterocycles. The van der Waals surface area contributed by atoms with Gasteiger partial charge in [0, 0.05) is 22.8 Å². The fraction of sp³-hybridized carbons (Fsp3) is 0.381. The quantitative estimate of drug-likeness (QED) is 0.554. The molecule has 9 nitrogen and oxygen atoms in total. The Hall–Kier alpha value is -2.82. The number of aryl methyl sites for hydroxylation is 1. The van der Waals surface area contributed by atoms with Crippen LogP contribution in [0.25, 0.3) is 0 Å². The maximum Gasteiger partial charge on any atom is 0.272 e. The van der Waals surface area contributed by atoms with Crippen LogP contribution in [0.3, 0.4) is 0 Å². The monoisotopic (exact) mass is 441 g/mol. The molecule has 3 aliphatic rings. The summed E-state index contributed by atoms with van der Waals surface area (Å²) in [5.74, 6) is 2.13. The Morgan fingerprint density at radius 2 is 2.06 bits per heavy atom. The van der Waals surface area contributed by atoms with E-state index in [1.807, 2.05) is 23.2 Å². The minimum atomic E-state index is -0.459. The average molecular weight is 442 g/mol. The summed E-state index contributed by atoms with van der Waals surface area (Å²) in [6.45, 7) is 6.13. The van der Waals surface area contributed by atoms with Crippen LogP contribution in [0.1, 0.15) is 36.1 Å². The first-order valence-electron chi connectivity index (χ1n) is 10.1. The van der Waals surface area contributed by atoms with Crippen molar-refractivity contribution in [2.75, 3.05) is 12.7 Å². The molecule has 0 bridgehead atoms. The number of thioether (sulfide) groups is 1. The number of nitrogens with one attached hydrogen (secondary N) is 2. The molecule has 0 spiro atoms. The first-order valence-corrected chi connectivity index (χ1v) is 11.0. The highest BCUT2D eigenvalue weighted by molar-refractivity contribution is 8.00. The second kappa shape index (κ2) is 7.40. The van der Waals surface area contributed by atoms with Crippen LogP contribution >= 0.6 is 11.8 Å². The molecule has 1 saturated heterocycles. The highest BCUT2D eigenvalue weighted by Crippen LogP contribution is 2.40. The Bertz CT molecular complexity index is 1100. The third-order valence-electron chi connectivity index (χ3n) is 5.86. The van der Waals surface area contributed by atoms with Gasteiger partial charge in [-0.25, -0.2) is 10.9 Å². The van der Waals surface area contributed by atoms with Gasteiger partial charge in [-0.1, -0.05) is 23.9 Å². The van der Waals surface area contributed by atoms with E-state index in [-0.39, 0.29) is 23.4 Å². The molecule has 2 aromatic rings. The van der Waals surface area contributed by atoms with Crippen molar-refractivity contribution < 1.29 is 14.4 Å². The van der Waals surface area contributed by atoms with Crippen molar-refractivity contribution in [3.05, 3.63) is 62.7 Å². The smallest absolute Gasteiger partial charge is 0.272 e. The molecule has 5 rings (SSSR count). The van der Waals surface area contributed by atoms with Crippen molar-refractivity contribution >= 4 is 23.2 Å². The molecule has 31 heavy (non-hydrogen) atoms. The molecule has 1 fully saturated rings. The van der Waals surface area contributed by atoms with Gasteiger partial charge < -0.3 is 9.47 Å². The molecular formula is C21H23N5O4S. The zero-order valence-electron chi connectivity index (χ0n) is 17.5. The number of hydrazine groups is 1. The Morgan fingerprint density at radius 3 is 2.77 bits per heavy atom. The van der Waals surface area contributed by atoms with Gasteiger partial charge in [0.15, 0.2) is 16.5 Å². The highest BCUT2D eigenvalue weighted by Gasteiger charge is 2.40. The SMILES string of the molecule is Cc1ccc(C2=NN(C3(C)NNCS3)C(C)Cc3cc4c(cc32)OCO4)cc1[N+](=O)[O-]. The Balaban J connectivity index is 1.71. The number of benzene rings is 2. The normalized spacial score (nSPS) is 24.5. The third kappa shape index (κ3) is 3.40. The predicted octanol–water partition coefficient (Wildman–Crippen LogP) is 3.10. The molecule has 0 saturated carbocycles. The molecule has 2 N–H and O–H groups in total. The molecule has 2 atom stereocenters. The molecule has 0 radical (unpaired) electrons. The summed E-state index contributed by atoms with van der Waals surface area (Å²) in [5, 5.41) is 18.7. The lowest BCUT2D eigenvalue weighted by molar-refractivity contribution is -0.385. The van der Waals surface area contributed by atoms with Crippen LogP contribution in [-0.2, 0) is 6.42 Å². The maximum atomic E-state index is 11.6. The lowest BCUT2D eigenvalue weighted by Gasteiger charge is -2.38. The molecule has 3 heterocycles. The van der Waals surface area contributed by atoms with Crippen molar-refractivity contribution in [1.82, 2.24) is 15.9 Å². The minimum Gasteiger partial charge on any atom is -0.454 e. The van der Waals surface area contributed by atoms with Gasteiger partial charge in [-0.2, -0.15) is 5.10 Å². The number of rotatable bonds is 3. The van der Waals surface area contributed by atoms with E-state index < -0.39 is 4.99 Å². The number of hydrazone groups is 1. The zero-order valence-corrected chi connectivity index (χ0v) is 18.3. The van der Waals surface area contributed by atoms with E-state index in [0.717, 1.165) is 29.2 Å². The lowest BCUT2D eigenvalue weighted by Crippen LogP contribution is -2.54. The van der Waals surface area contributed by atoms with Gasteiger partial charge in [-0.15, -0.1) is 0 Å². The van der Waals surface area contributed by atoms with Gasteiger partial charge in [0.1, 0.15) is 0 Å². The molecule has 2 aromatic carbocycles. The van der Waals surface area contributed by atoms with E-state index in [9.17, 15) is 10.1 Å². The van der Waals surface area contributed by atoms with E-state index in [0.29, 0.717) is 22.6 Å². The van der Waals surface area contributed by atoms with Crippen LogP contribution in [0.2, 0.25) is 0 Å². The molecule has 2 unspecified atom stereocenters. The number of fused-ring (bicyclic) bond motifs is 2. The van der Waals surface area contributed by atoms with Crippen molar-refractivity contribution in [1.29, 1.82) is 0 Å². The second-order valence-corrected chi connectivity index (χ2v) is 9.41. The molecule has 0 aliphatic carbocycles. The Morgan fingerprint density at radius 1 is 1.29 bits per heavy atom. The van der Waals surface area contributed by atoms with E-state index in [2.05, 4.69) is 24.7 Å². The fourth-order valence-corrected chi connectivity index (χ4v) is 5.18. The van der Waals surface area contributed by atoms with Crippen LogP contribution < -0.4 is 20.3 Å². The van der Waals surface area contributed by atoms with Crippen molar-refractivity contribution in [2.45, 2.75) is 38.2 Å². The number of nitro groups is 1. The second-order valence-electron chi connectivity index (χ2n) is 8.04. The number of hydrogen-bond donors (Lipinski definition) is 2. The standard InChI is InChI=1S/C21H23N5O4S/c1-12-4-5-14(7-17(12)26(27)28)20-16-9-19-18(29-11-30-19)8-15(16)6-13(2)25(23-20)21(3)24-22-10-31-21/h4-5,7-9,13,22,24H,6,10-11H2,1-3H3. The van der Waals surface area contributed by atoms with E-state index in [1.54, 1.807) is 30.8 Å². The highest BCUT2D eigenvalue weighted by atomic mass is 32.2. The number of ether oxygens (including phenoxy) is 2. The van der Waals surface area contributed by atoms with Gasteiger partial charge in [0.2, 0.25) is 6.79 Å². The number of nitro benzene ring substituents is 1. The van der Waals surface area contributed by atoms with Crippen molar-refractivity contribution in [3.63, 3.8) is 0 Å². The molecule has 10 heteroatoms. The van der Waals surface area contributed by atoms with Crippen LogP contribution in [0.15, 0.2) is 35.4 Å². The van der Waals surface area contributed by atoms with Gasteiger partial charge in [-0.05, 0) is 44.9 Å². The summed E-state index contributed by atoms with van der Waals surface area (Å²) < 4.78 is 11.2. The summed E-state index contributed by atoms with van der Waals surface area (Å²) in [6, 6.07) is 9.28. The molecule has 162 valence electrons. The molecular weight excluding hydrogens is 418 g/mol. The van der Waals surface area contributed by atoms with Gasteiger partial charge in [0.05, 0.1) is 22.6 Å². The summed E-state index contributed by atoms with van der Waals surface area (Å²) in [5.41, 5.74) is 10.5. The topological polar surface area (TPSA) is 101 Å². The number of nitrogens with zero attached hydrogens (tertiary/aromatic N) is 3. The van der Waals surface area contributed by atoms with Crippen molar-refractivity contribution in [3.8, 4) is 11.5 Å². The Labute approximate surface area is 183 Å². The lowest BCUT2D eigenvalue weighted by atomic mass is 9.93. The largest absolute Gasteiger partial charge is 0.454 e. The van der Waals surface area contributed by atoms with E-state index in [1.165, 1.54) is 0 Å².